The van der Waals surface area contributed by atoms with Crippen LogP contribution in [0, 0.1) is 5.82 Å². The van der Waals surface area contributed by atoms with Crippen molar-refractivity contribution in [3.05, 3.63) is 47.8 Å². The third-order valence-corrected chi connectivity index (χ3v) is 3.13. The molecule has 2 N–H and O–H groups in total. The molecule has 0 heterocycles. The van der Waals surface area contributed by atoms with E-state index in [0.29, 0.717) is 18.0 Å². The molecule has 0 unspecified atom stereocenters. The van der Waals surface area contributed by atoms with Crippen molar-refractivity contribution in [2.24, 2.45) is 5.73 Å². The van der Waals surface area contributed by atoms with Crippen molar-refractivity contribution in [2.45, 2.75) is 6.42 Å². The van der Waals surface area contributed by atoms with Crippen LogP contribution in [0.1, 0.15) is 5.56 Å². The van der Waals surface area contributed by atoms with E-state index >= 15 is 0 Å². The maximum Gasteiger partial charge on any atom is 0.168 e. The van der Waals surface area contributed by atoms with E-state index in [1.54, 1.807) is 26.4 Å². The highest BCUT2D eigenvalue weighted by atomic mass is 19.1. The van der Waals surface area contributed by atoms with Gasteiger partial charge in [0.25, 0.3) is 0 Å². The average Bonchev–Trinajstić information content (AvgIpc) is 2.47. The molecular formula is C16H18FNO2. The van der Waals surface area contributed by atoms with Crippen LogP contribution in [0.3, 0.4) is 0 Å². The topological polar surface area (TPSA) is 44.5 Å². The van der Waals surface area contributed by atoms with Crippen molar-refractivity contribution in [1.29, 1.82) is 0 Å². The molecule has 0 atom stereocenters. The zero-order valence-corrected chi connectivity index (χ0v) is 11.7. The lowest BCUT2D eigenvalue weighted by molar-refractivity contribution is 0.355. The fraction of sp³-hybridized carbons (Fsp3) is 0.250. The summed E-state index contributed by atoms with van der Waals surface area (Å²) in [5.74, 6) is 1.02. The number of hydrogen-bond acceptors (Lipinski definition) is 3. The molecule has 0 fully saturated rings. The number of methoxy groups -OCH3 is 2. The van der Waals surface area contributed by atoms with Gasteiger partial charge in [-0.25, -0.2) is 4.39 Å². The molecule has 2 rings (SSSR count). The molecule has 0 bridgehead atoms. The number of nitrogens with two attached hydrogens (primary N) is 1. The molecule has 0 amide bonds. The van der Waals surface area contributed by atoms with Crippen LogP contribution in [-0.4, -0.2) is 20.8 Å². The van der Waals surface area contributed by atoms with Crippen molar-refractivity contribution in [3.63, 3.8) is 0 Å². The lowest BCUT2D eigenvalue weighted by Gasteiger charge is -2.15. The quantitative estimate of drug-likeness (QED) is 0.912. The second kappa shape index (κ2) is 6.39. The standard InChI is InChI=1S/C16H18FNO2/c1-19-15-10-11(7-8-18)9-14(16(15)20-2)12-3-5-13(17)6-4-12/h3-6,9-10H,7-8,18H2,1-2H3. The molecule has 2 aromatic carbocycles. The number of hydrogen-bond donors (Lipinski definition) is 1. The summed E-state index contributed by atoms with van der Waals surface area (Å²) >= 11 is 0. The van der Waals surface area contributed by atoms with Crippen LogP contribution >= 0.6 is 0 Å². The van der Waals surface area contributed by atoms with Crippen LogP contribution in [0.2, 0.25) is 0 Å². The van der Waals surface area contributed by atoms with Crippen molar-refractivity contribution in [2.75, 3.05) is 20.8 Å². The molecule has 20 heavy (non-hydrogen) atoms. The Hall–Kier alpha value is -2.07. The molecule has 0 saturated heterocycles. The van der Waals surface area contributed by atoms with Gasteiger partial charge in [0, 0.05) is 5.56 Å². The molecule has 0 saturated carbocycles. The number of rotatable bonds is 5. The van der Waals surface area contributed by atoms with Gasteiger partial charge in [-0.2, -0.15) is 0 Å². The Bertz CT molecular complexity index is 582. The highest BCUT2D eigenvalue weighted by molar-refractivity contribution is 5.74. The summed E-state index contributed by atoms with van der Waals surface area (Å²) in [5.41, 5.74) is 8.42. The number of ether oxygens (including phenoxy) is 2. The molecule has 0 aromatic heterocycles. The smallest absolute Gasteiger partial charge is 0.168 e. The molecule has 0 spiro atoms. The van der Waals surface area contributed by atoms with Gasteiger partial charge in [0.2, 0.25) is 0 Å². The summed E-state index contributed by atoms with van der Waals surface area (Å²) < 4.78 is 23.9. The van der Waals surface area contributed by atoms with Gasteiger partial charge >= 0.3 is 0 Å². The van der Waals surface area contributed by atoms with Gasteiger partial charge in [-0.05, 0) is 48.4 Å². The summed E-state index contributed by atoms with van der Waals surface area (Å²) in [6.07, 6.45) is 0.745. The van der Waals surface area contributed by atoms with E-state index in [0.717, 1.165) is 23.1 Å². The molecular weight excluding hydrogens is 257 g/mol. The normalized spacial score (nSPS) is 10.4. The Labute approximate surface area is 118 Å². The van der Waals surface area contributed by atoms with Crippen LogP contribution in [0.5, 0.6) is 11.5 Å². The summed E-state index contributed by atoms with van der Waals surface area (Å²) in [6.45, 7) is 0.554. The molecule has 106 valence electrons. The second-order valence-corrected chi connectivity index (χ2v) is 4.42. The number of halogens is 1. The predicted molar refractivity (Wildman–Crippen MR) is 77.7 cm³/mol. The van der Waals surface area contributed by atoms with Crippen molar-refractivity contribution in [3.8, 4) is 22.6 Å². The lowest BCUT2D eigenvalue weighted by Crippen LogP contribution is -2.04. The number of benzene rings is 2. The first-order valence-corrected chi connectivity index (χ1v) is 6.40. The fourth-order valence-electron chi connectivity index (χ4n) is 2.18. The van der Waals surface area contributed by atoms with E-state index < -0.39 is 0 Å². The zero-order chi connectivity index (χ0) is 14.5. The minimum atomic E-state index is -0.266. The third-order valence-electron chi connectivity index (χ3n) is 3.13. The molecule has 0 aliphatic rings. The van der Waals surface area contributed by atoms with Crippen LogP contribution in [-0.2, 0) is 6.42 Å². The van der Waals surface area contributed by atoms with Gasteiger partial charge in [-0.15, -0.1) is 0 Å². The van der Waals surface area contributed by atoms with Gasteiger partial charge in [0.15, 0.2) is 11.5 Å². The molecule has 2 aromatic rings. The largest absolute Gasteiger partial charge is 0.493 e. The molecule has 0 aliphatic carbocycles. The van der Waals surface area contributed by atoms with Gasteiger partial charge in [0.1, 0.15) is 5.82 Å². The van der Waals surface area contributed by atoms with Crippen molar-refractivity contribution in [1.82, 2.24) is 0 Å². The Balaban J connectivity index is 2.58. The maximum atomic E-state index is 13.1. The Kier molecular flexibility index (Phi) is 4.58. The van der Waals surface area contributed by atoms with Gasteiger partial charge in [-0.3, -0.25) is 0 Å². The predicted octanol–water partition coefficient (Wildman–Crippen LogP) is 3.01. The minimum Gasteiger partial charge on any atom is -0.493 e. The highest BCUT2D eigenvalue weighted by Gasteiger charge is 2.14. The van der Waals surface area contributed by atoms with Crippen molar-refractivity contribution < 1.29 is 13.9 Å². The first-order chi connectivity index (χ1) is 9.69. The Morgan fingerprint density at radius 3 is 2.30 bits per heavy atom. The summed E-state index contributed by atoms with van der Waals surface area (Å²) in [7, 11) is 3.19. The third kappa shape index (κ3) is 2.91. The van der Waals surface area contributed by atoms with Crippen LogP contribution in [0.15, 0.2) is 36.4 Å². The molecule has 3 nitrogen and oxygen atoms in total. The first kappa shape index (κ1) is 14.3. The van der Waals surface area contributed by atoms with E-state index in [1.165, 1.54) is 12.1 Å². The zero-order valence-electron chi connectivity index (χ0n) is 11.7. The molecule has 0 aliphatic heterocycles. The van der Waals surface area contributed by atoms with E-state index in [4.69, 9.17) is 15.2 Å². The monoisotopic (exact) mass is 275 g/mol. The van der Waals surface area contributed by atoms with Gasteiger partial charge < -0.3 is 15.2 Å². The van der Waals surface area contributed by atoms with Crippen molar-refractivity contribution >= 4 is 0 Å². The van der Waals surface area contributed by atoms with E-state index in [2.05, 4.69) is 0 Å². The summed E-state index contributed by atoms with van der Waals surface area (Å²) in [4.78, 5) is 0. The minimum absolute atomic E-state index is 0.266. The summed E-state index contributed by atoms with van der Waals surface area (Å²) in [5, 5.41) is 0. The van der Waals surface area contributed by atoms with Crippen LogP contribution < -0.4 is 15.2 Å². The van der Waals surface area contributed by atoms with E-state index in [1.807, 2.05) is 12.1 Å². The van der Waals surface area contributed by atoms with Crippen LogP contribution in [0.25, 0.3) is 11.1 Å². The fourth-order valence-corrected chi connectivity index (χ4v) is 2.18. The van der Waals surface area contributed by atoms with Gasteiger partial charge in [0.05, 0.1) is 14.2 Å². The highest BCUT2D eigenvalue weighted by Crippen LogP contribution is 2.39. The molecule has 0 radical (unpaired) electrons. The van der Waals surface area contributed by atoms with Gasteiger partial charge in [-0.1, -0.05) is 12.1 Å². The SMILES string of the molecule is COc1cc(CCN)cc(-c2ccc(F)cc2)c1OC. The second-order valence-electron chi connectivity index (χ2n) is 4.42. The Morgan fingerprint density at radius 2 is 1.75 bits per heavy atom. The summed E-state index contributed by atoms with van der Waals surface area (Å²) in [6, 6.07) is 10.2. The van der Waals surface area contributed by atoms with Crippen LogP contribution in [0.4, 0.5) is 4.39 Å². The van der Waals surface area contributed by atoms with E-state index in [9.17, 15) is 4.39 Å². The molecule has 4 heteroatoms. The average molecular weight is 275 g/mol. The Morgan fingerprint density at radius 1 is 1.05 bits per heavy atom. The maximum absolute atomic E-state index is 13.1. The van der Waals surface area contributed by atoms with E-state index in [-0.39, 0.29) is 5.82 Å². The first-order valence-electron chi connectivity index (χ1n) is 6.40. The lowest BCUT2D eigenvalue weighted by atomic mass is 9.99.